The molecule has 0 radical (unpaired) electrons. The van der Waals surface area contributed by atoms with E-state index < -0.39 is 0 Å². The number of para-hydroxylation sites is 1. The summed E-state index contributed by atoms with van der Waals surface area (Å²) in [5.41, 5.74) is 4.53. The van der Waals surface area contributed by atoms with E-state index in [1.165, 1.54) is 0 Å². The van der Waals surface area contributed by atoms with Crippen molar-refractivity contribution in [1.82, 2.24) is 9.78 Å². The SMILES string of the molecule is N#Cc1ccccc1-c1c(C=O)c(-c2ccccc2)nn1-c1ccccc1. The minimum absolute atomic E-state index is 0.466. The molecule has 0 saturated heterocycles. The average molecular weight is 349 g/mol. The van der Waals surface area contributed by atoms with Crippen molar-refractivity contribution in [3.63, 3.8) is 0 Å². The number of carbonyl (C=O) groups is 1. The summed E-state index contributed by atoms with van der Waals surface area (Å²) in [5, 5.41) is 14.3. The van der Waals surface area contributed by atoms with E-state index in [2.05, 4.69) is 6.07 Å². The number of hydrogen-bond donors (Lipinski definition) is 0. The predicted molar refractivity (Wildman–Crippen MR) is 105 cm³/mol. The normalized spacial score (nSPS) is 10.3. The highest BCUT2D eigenvalue weighted by atomic mass is 16.1. The van der Waals surface area contributed by atoms with Gasteiger partial charge in [-0.2, -0.15) is 10.4 Å². The molecule has 0 spiro atoms. The fourth-order valence-electron chi connectivity index (χ4n) is 3.15. The summed E-state index contributed by atoms with van der Waals surface area (Å²) in [6, 6.07) is 28.7. The van der Waals surface area contributed by atoms with Crippen molar-refractivity contribution in [2.75, 3.05) is 0 Å². The summed E-state index contributed by atoms with van der Waals surface area (Å²) in [5.74, 6) is 0. The molecule has 4 aromatic rings. The van der Waals surface area contributed by atoms with Crippen LogP contribution in [-0.4, -0.2) is 16.1 Å². The Morgan fingerprint density at radius 3 is 2.15 bits per heavy atom. The lowest BCUT2D eigenvalue weighted by Gasteiger charge is -2.09. The van der Waals surface area contributed by atoms with E-state index >= 15 is 0 Å². The largest absolute Gasteiger partial charge is 0.298 e. The van der Waals surface area contributed by atoms with Gasteiger partial charge in [0.05, 0.1) is 28.6 Å². The van der Waals surface area contributed by atoms with Crippen LogP contribution in [0.5, 0.6) is 0 Å². The van der Waals surface area contributed by atoms with Gasteiger partial charge in [0.15, 0.2) is 6.29 Å². The van der Waals surface area contributed by atoms with Gasteiger partial charge in [-0.1, -0.05) is 66.7 Å². The third kappa shape index (κ3) is 2.92. The molecule has 0 atom stereocenters. The van der Waals surface area contributed by atoms with Gasteiger partial charge < -0.3 is 0 Å². The zero-order valence-electron chi connectivity index (χ0n) is 14.4. The molecule has 0 aliphatic heterocycles. The zero-order valence-corrected chi connectivity index (χ0v) is 14.4. The molecule has 27 heavy (non-hydrogen) atoms. The second-order valence-electron chi connectivity index (χ2n) is 6.00. The molecular weight excluding hydrogens is 334 g/mol. The molecule has 4 rings (SSSR count). The second kappa shape index (κ2) is 7.11. The van der Waals surface area contributed by atoms with Gasteiger partial charge in [-0.05, 0) is 18.2 Å². The number of aldehydes is 1. The Balaban J connectivity index is 2.08. The number of benzene rings is 3. The summed E-state index contributed by atoms with van der Waals surface area (Å²) in [6.07, 6.45) is 0.818. The van der Waals surface area contributed by atoms with Crippen LogP contribution >= 0.6 is 0 Å². The van der Waals surface area contributed by atoms with E-state index in [1.807, 2.05) is 78.9 Å². The molecule has 0 N–H and O–H groups in total. The van der Waals surface area contributed by atoms with Crippen LogP contribution in [0.1, 0.15) is 15.9 Å². The van der Waals surface area contributed by atoms with E-state index in [0.29, 0.717) is 28.1 Å². The Hall–Kier alpha value is -3.97. The quantitative estimate of drug-likeness (QED) is 0.493. The maximum absolute atomic E-state index is 12.1. The lowest BCUT2D eigenvalue weighted by Crippen LogP contribution is -2.01. The van der Waals surface area contributed by atoms with Crippen LogP contribution in [0.3, 0.4) is 0 Å². The van der Waals surface area contributed by atoms with Gasteiger partial charge in [-0.3, -0.25) is 4.79 Å². The Morgan fingerprint density at radius 1 is 0.852 bits per heavy atom. The van der Waals surface area contributed by atoms with Crippen molar-refractivity contribution in [3.8, 4) is 34.3 Å². The number of carbonyl (C=O) groups excluding carboxylic acids is 1. The van der Waals surface area contributed by atoms with Gasteiger partial charge in [-0.15, -0.1) is 0 Å². The molecule has 0 saturated carbocycles. The first kappa shape index (κ1) is 16.5. The molecular formula is C23H15N3O. The number of nitrogens with zero attached hydrogens (tertiary/aromatic N) is 3. The average Bonchev–Trinajstić information content (AvgIpc) is 3.14. The van der Waals surface area contributed by atoms with Crippen LogP contribution in [0.2, 0.25) is 0 Å². The second-order valence-corrected chi connectivity index (χ2v) is 6.00. The van der Waals surface area contributed by atoms with Crippen LogP contribution in [0, 0.1) is 11.3 Å². The Kier molecular flexibility index (Phi) is 4.34. The van der Waals surface area contributed by atoms with E-state index in [9.17, 15) is 10.1 Å². The Labute approximate surface area is 156 Å². The van der Waals surface area contributed by atoms with E-state index in [-0.39, 0.29) is 0 Å². The fourth-order valence-corrected chi connectivity index (χ4v) is 3.15. The van der Waals surface area contributed by atoms with Crippen molar-refractivity contribution in [3.05, 3.63) is 96.1 Å². The van der Waals surface area contributed by atoms with Gasteiger partial charge in [-0.25, -0.2) is 4.68 Å². The van der Waals surface area contributed by atoms with Crippen molar-refractivity contribution < 1.29 is 4.79 Å². The lowest BCUT2D eigenvalue weighted by molar-refractivity contribution is 0.112. The number of aromatic nitrogens is 2. The monoisotopic (exact) mass is 349 g/mol. The van der Waals surface area contributed by atoms with Crippen LogP contribution < -0.4 is 0 Å². The van der Waals surface area contributed by atoms with Crippen LogP contribution in [0.25, 0.3) is 28.2 Å². The first-order valence-corrected chi connectivity index (χ1v) is 8.52. The minimum Gasteiger partial charge on any atom is -0.298 e. The minimum atomic E-state index is 0.466. The number of nitriles is 1. The summed E-state index contributed by atoms with van der Waals surface area (Å²) in [4.78, 5) is 12.1. The first-order valence-electron chi connectivity index (χ1n) is 8.52. The molecule has 0 amide bonds. The highest BCUT2D eigenvalue weighted by Gasteiger charge is 2.22. The van der Waals surface area contributed by atoms with Gasteiger partial charge in [0.2, 0.25) is 0 Å². The maximum atomic E-state index is 12.1. The lowest BCUT2D eigenvalue weighted by atomic mass is 9.99. The van der Waals surface area contributed by atoms with Crippen LogP contribution in [0.15, 0.2) is 84.9 Å². The van der Waals surface area contributed by atoms with E-state index in [1.54, 1.807) is 10.7 Å². The van der Waals surface area contributed by atoms with Crippen molar-refractivity contribution in [2.24, 2.45) is 0 Å². The summed E-state index contributed by atoms with van der Waals surface area (Å²) < 4.78 is 1.74. The predicted octanol–water partition coefficient (Wildman–Crippen LogP) is 4.89. The molecule has 4 heteroatoms. The molecule has 1 heterocycles. The summed E-state index contributed by atoms with van der Waals surface area (Å²) in [7, 11) is 0. The number of rotatable bonds is 4. The van der Waals surface area contributed by atoms with Crippen LogP contribution in [-0.2, 0) is 0 Å². The summed E-state index contributed by atoms with van der Waals surface area (Å²) >= 11 is 0. The Bertz CT molecular complexity index is 1140. The van der Waals surface area contributed by atoms with Gasteiger partial charge in [0.25, 0.3) is 0 Å². The molecule has 0 aliphatic rings. The van der Waals surface area contributed by atoms with Gasteiger partial charge in [0.1, 0.15) is 5.69 Å². The highest BCUT2D eigenvalue weighted by Crippen LogP contribution is 2.34. The zero-order chi connectivity index (χ0) is 18.6. The molecule has 4 nitrogen and oxygen atoms in total. The maximum Gasteiger partial charge on any atom is 0.154 e. The van der Waals surface area contributed by atoms with Crippen molar-refractivity contribution >= 4 is 6.29 Å². The highest BCUT2D eigenvalue weighted by molar-refractivity contribution is 5.95. The van der Waals surface area contributed by atoms with Gasteiger partial charge in [0, 0.05) is 11.1 Å². The first-order chi connectivity index (χ1) is 13.3. The van der Waals surface area contributed by atoms with Crippen LogP contribution in [0.4, 0.5) is 0 Å². The molecule has 0 aliphatic carbocycles. The molecule has 0 bridgehead atoms. The third-order valence-corrected chi connectivity index (χ3v) is 4.39. The molecule has 0 unspecified atom stereocenters. The smallest absolute Gasteiger partial charge is 0.154 e. The van der Waals surface area contributed by atoms with Crippen molar-refractivity contribution in [2.45, 2.75) is 0 Å². The van der Waals surface area contributed by atoms with E-state index in [4.69, 9.17) is 5.10 Å². The number of hydrogen-bond acceptors (Lipinski definition) is 3. The van der Waals surface area contributed by atoms with E-state index in [0.717, 1.165) is 17.5 Å². The Morgan fingerprint density at radius 2 is 1.48 bits per heavy atom. The molecule has 1 aromatic heterocycles. The topological polar surface area (TPSA) is 58.7 Å². The van der Waals surface area contributed by atoms with Crippen molar-refractivity contribution in [1.29, 1.82) is 5.26 Å². The standard InChI is InChI=1S/C23H15N3O/c24-15-18-11-7-8-14-20(18)23-21(16-27)22(17-9-3-1-4-10-17)25-26(23)19-12-5-2-6-13-19/h1-14,16H. The van der Waals surface area contributed by atoms with Gasteiger partial charge >= 0.3 is 0 Å². The summed E-state index contributed by atoms with van der Waals surface area (Å²) in [6.45, 7) is 0. The molecule has 3 aromatic carbocycles. The molecule has 128 valence electrons. The third-order valence-electron chi connectivity index (χ3n) is 4.39. The molecule has 0 fully saturated rings. The fraction of sp³-hybridized carbons (Fsp3) is 0.